The molecule has 6 rings (SSSR count). The van der Waals surface area contributed by atoms with Crippen LogP contribution in [0, 0.1) is 0 Å². The van der Waals surface area contributed by atoms with E-state index in [-0.39, 0.29) is 0 Å². The molecular weight excluding hydrogens is 407 g/mol. The average Bonchev–Trinajstić information content (AvgIpc) is 3.27. The molecule has 0 bridgehead atoms. The highest BCUT2D eigenvalue weighted by Crippen LogP contribution is 2.59. The highest BCUT2D eigenvalue weighted by molar-refractivity contribution is 8.06. The maximum atomic E-state index is 15.0. The van der Waals surface area contributed by atoms with Gasteiger partial charge in [-0.25, -0.2) is 0 Å². The number of fused-ring (bicyclic) bond motifs is 6. The third kappa shape index (κ3) is 2.16. The largest absolute Gasteiger partial charge is 0.308 e. The highest BCUT2D eigenvalue weighted by Gasteiger charge is 2.43. The Hall–Kier alpha value is -1.84. The molecule has 0 atom stereocenters. The zero-order chi connectivity index (χ0) is 18.0. The minimum Gasteiger partial charge on any atom is -0.308 e. The molecule has 5 heteroatoms. The first-order valence-electron chi connectivity index (χ1n) is 8.64. The van der Waals surface area contributed by atoms with Crippen molar-refractivity contribution >= 4 is 77.7 Å². The van der Waals surface area contributed by atoms with Crippen molar-refractivity contribution in [1.82, 2.24) is 0 Å². The third-order valence-corrected chi connectivity index (χ3v) is 12.5. The van der Waals surface area contributed by atoms with Crippen LogP contribution >= 0.6 is 41.6 Å². The van der Waals surface area contributed by atoms with Crippen LogP contribution in [0.3, 0.4) is 0 Å². The Morgan fingerprint density at radius 3 is 1.63 bits per heavy atom. The number of hydrogen-bond donors (Lipinski definition) is 0. The molecule has 0 radical (unpaired) electrons. The topological polar surface area (TPSA) is 17.1 Å². The van der Waals surface area contributed by atoms with Crippen LogP contribution in [0.1, 0.15) is 0 Å². The molecule has 27 heavy (non-hydrogen) atoms. The molecule has 1 aliphatic rings. The molecule has 2 aromatic heterocycles. The van der Waals surface area contributed by atoms with E-state index in [4.69, 9.17) is 0 Å². The second kappa shape index (κ2) is 5.83. The molecule has 0 fully saturated rings. The van der Waals surface area contributed by atoms with E-state index in [0.717, 1.165) is 26.7 Å². The van der Waals surface area contributed by atoms with Crippen molar-refractivity contribution in [2.45, 2.75) is 8.42 Å². The van der Waals surface area contributed by atoms with Crippen molar-refractivity contribution in [3.8, 4) is 0 Å². The van der Waals surface area contributed by atoms with Crippen molar-refractivity contribution < 1.29 is 4.57 Å². The summed E-state index contributed by atoms with van der Waals surface area (Å²) in [5.74, 6) is 0. The van der Waals surface area contributed by atoms with Gasteiger partial charge in [0.2, 0.25) is 0 Å². The van der Waals surface area contributed by atoms with Crippen LogP contribution in [-0.2, 0) is 4.57 Å². The lowest BCUT2D eigenvalue weighted by atomic mass is 10.3. The summed E-state index contributed by atoms with van der Waals surface area (Å²) in [5, 5.41) is 5.28. The minimum atomic E-state index is -2.94. The van der Waals surface area contributed by atoms with Crippen molar-refractivity contribution in [2.24, 2.45) is 0 Å². The van der Waals surface area contributed by atoms with Crippen LogP contribution in [0.25, 0.3) is 20.2 Å². The lowest BCUT2D eigenvalue weighted by Gasteiger charge is -2.25. The monoisotopic (exact) mass is 420 g/mol. The van der Waals surface area contributed by atoms with Crippen LogP contribution in [0.5, 0.6) is 0 Å². The first-order chi connectivity index (χ1) is 13.3. The lowest BCUT2D eigenvalue weighted by molar-refractivity contribution is 0.592. The van der Waals surface area contributed by atoms with Crippen LogP contribution < -0.4 is 15.9 Å². The quantitative estimate of drug-likeness (QED) is 0.294. The van der Waals surface area contributed by atoms with Gasteiger partial charge in [0.15, 0.2) is 7.14 Å². The molecule has 1 nitrogen and oxygen atoms in total. The molecule has 0 amide bonds. The Labute approximate surface area is 169 Å². The van der Waals surface area contributed by atoms with Gasteiger partial charge < -0.3 is 4.57 Å². The van der Waals surface area contributed by atoms with Gasteiger partial charge in [-0.1, -0.05) is 78.5 Å². The van der Waals surface area contributed by atoms with Gasteiger partial charge in [0.1, 0.15) is 0 Å². The summed E-state index contributed by atoms with van der Waals surface area (Å²) in [6.07, 6.45) is 0. The zero-order valence-electron chi connectivity index (χ0n) is 14.1. The van der Waals surface area contributed by atoms with Crippen molar-refractivity contribution in [2.75, 3.05) is 0 Å². The van der Waals surface area contributed by atoms with Crippen molar-refractivity contribution in [3.63, 3.8) is 0 Å². The summed E-state index contributed by atoms with van der Waals surface area (Å²) in [4.78, 5) is 0. The van der Waals surface area contributed by atoms with Crippen molar-refractivity contribution in [3.05, 3.63) is 78.9 Å². The normalized spacial score (nSPS) is 15.0. The summed E-state index contributed by atoms with van der Waals surface area (Å²) in [7, 11) is -2.94. The van der Waals surface area contributed by atoms with Crippen LogP contribution in [-0.4, -0.2) is 0 Å². The molecule has 3 aromatic carbocycles. The minimum absolute atomic E-state index is 0.930. The Kier molecular flexibility index (Phi) is 3.48. The van der Waals surface area contributed by atoms with Gasteiger partial charge in [0.05, 0.1) is 19.0 Å². The molecular formula is C22H13OPS3. The molecule has 5 aromatic rings. The van der Waals surface area contributed by atoms with E-state index in [0.29, 0.717) is 0 Å². The van der Waals surface area contributed by atoms with E-state index >= 15 is 4.57 Å². The summed E-state index contributed by atoms with van der Waals surface area (Å²) in [6, 6.07) is 26.8. The van der Waals surface area contributed by atoms with Gasteiger partial charge in [-0.15, -0.1) is 22.7 Å². The molecule has 0 unspecified atom stereocenters. The Balaban J connectivity index is 1.82. The highest BCUT2D eigenvalue weighted by atomic mass is 32.2. The summed E-state index contributed by atoms with van der Waals surface area (Å²) in [5.41, 5.74) is 0. The molecule has 0 saturated carbocycles. The molecule has 0 N–H and O–H groups in total. The van der Waals surface area contributed by atoms with Crippen LogP contribution in [0.4, 0.5) is 0 Å². The van der Waals surface area contributed by atoms with Gasteiger partial charge >= 0.3 is 0 Å². The fourth-order valence-corrected chi connectivity index (χ4v) is 12.8. The number of thiophene rings is 2. The van der Waals surface area contributed by atoms with E-state index < -0.39 is 7.14 Å². The van der Waals surface area contributed by atoms with E-state index in [1.807, 2.05) is 30.3 Å². The van der Waals surface area contributed by atoms with Gasteiger partial charge in [-0.05, 0) is 12.1 Å². The van der Waals surface area contributed by atoms with E-state index in [1.165, 1.54) is 17.8 Å². The van der Waals surface area contributed by atoms with E-state index in [2.05, 4.69) is 48.5 Å². The van der Waals surface area contributed by atoms with Crippen LogP contribution in [0.2, 0.25) is 0 Å². The smallest absolute Gasteiger partial charge is 0.176 e. The molecule has 0 aliphatic carbocycles. The Morgan fingerprint density at radius 1 is 0.593 bits per heavy atom. The standard InChI is InChI=1S/C22H13OPS3/c23-24(14-8-2-1-3-9-14)19-15-10-4-6-12-17(15)25-21(19)27-22-20(24)16-11-5-7-13-18(16)26-22/h1-13H. The Bertz CT molecular complexity index is 1300. The third-order valence-electron chi connectivity index (χ3n) is 5.01. The molecule has 3 heterocycles. The number of hydrogen-bond acceptors (Lipinski definition) is 4. The summed E-state index contributed by atoms with van der Waals surface area (Å²) < 4.78 is 19.8. The summed E-state index contributed by atoms with van der Waals surface area (Å²) >= 11 is 5.33. The fraction of sp³-hybridized carbons (Fsp3) is 0. The lowest BCUT2D eigenvalue weighted by Crippen LogP contribution is -2.28. The predicted octanol–water partition coefficient (Wildman–Crippen LogP) is 6.22. The Morgan fingerprint density at radius 2 is 1.07 bits per heavy atom. The number of benzene rings is 3. The second-order valence-corrected chi connectivity index (χ2v) is 12.8. The molecule has 1 aliphatic heterocycles. The molecule has 130 valence electrons. The SMILES string of the molecule is O=P1(c2ccccc2)c2c(sc3ccccc23)Sc2sc3ccccc3c21. The molecule has 0 saturated heterocycles. The number of rotatable bonds is 1. The van der Waals surface area contributed by atoms with Gasteiger partial charge in [0.25, 0.3) is 0 Å². The van der Waals surface area contributed by atoms with E-state index in [9.17, 15) is 0 Å². The maximum absolute atomic E-state index is 15.0. The first kappa shape index (κ1) is 16.1. The van der Waals surface area contributed by atoms with Crippen LogP contribution in [0.15, 0.2) is 87.3 Å². The fourth-order valence-electron chi connectivity index (χ4n) is 3.85. The van der Waals surface area contributed by atoms with Crippen molar-refractivity contribution in [1.29, 1.82) is 0 Å². The molecule has 0 spiro atoms. The maximum Gasteiger partial charge on any atom is 0.176 e. The second-order valence-electron chi connectivity index (χ2n) is 6.52. The average molecular weight is 421 g/mol. The summed E-state index contributed by atoms with van der Waals surface area (Å²) in [6.45, 7) is 0. The first-order valence-corrected chi connectivity index (χ1v) is 12.8. The zero-order valence-corrected chi connectivity index (χ0v) is 17.4. The predicted molar refractivity (Wildman–Crippen MR) is 121 cm³/mol. The van der Waals surface area contributed by atoms with Gasteiger partial charge in [-0.2, -0.15) is 0 Å². The van der Waals surface area contributed by atoms with Gasteiger partial charge in [-0.3, -0.25) is 0 Å². The van der Waals surface area contributed by atoms with Gasteiger partial charge in [0, 0.05) is 25.5 Å². The van der Waals surface area contributed by atoms with E-state index in [1.54, 1.807) is 34.4 Å².